The first-order chi connectivity index (χ1) is 14.9. The van der Waals surface area contributed by atoms with E-state index in [-0.39, 0.29) is 12.4 Å². The van der Waals surface area contributed by atoms with Crippen LogP contribution in [0.25, 0.3) is 22.4 Å². The highest BCUT2D eigenvalue weighted by atomic mass is 32.1. The number of fused-ring (bicyclic) bond motifs is 1. The third-order valence-corrected chi connectivity index (χ3v) is 5.68. The lowest BCUT2D eigenvalue weighted by Gasteiger charge is -2.15. The highest BCUT2D eigenvalue weighted by molar-refractivity contribution is 7.10. The van der Waals surface area contributed by atoms with Crippen LogP contribution >= 0.6 is 11.3 Å². The van der Waals surface area contributed by atoms with Gasteiger partial charge in [0.25, 0.3) is 0 Å². The zero-order valence-electron chi connectivity index (χ0n) is 16.9. The molecule has 1 aromatic carbocycles. The molecule has 0 saturated carbocycles. The Morgan fingerprint density at radius 3 is 2.77 bits per heavy atom. The van der Waals surface area contributed by atoms with Gasteiger partial charge in [-0.05, 0) is 36.2 Å². The molecule has 0 aliphatic heterocycles. The van der Waals surface area contributed by atoms with Crippen LogP contribution in [0.3, 0.4) is 0 Å². The number of hydrogen-bond donors (Lipinski definition) is 0. The van der Waals surface area contributed by atoms with Crippen molar-refractivity contribution in [3.8, 4) is 17.2 Å². The van der Waals surface area contributed by atoms with Gasteiger partial charge < -0.3 is 9.15 Å². The van der Waals surface area contributed by atoms with Gasteiger partial charge in [-0.3, -0.25) is 4.98 Å². The molecule has 0 amide bonds. The predicted octanol–water partition coefficient (Wildman–Crippen LogP) is 7.13. The Kier molecular flexibility index (Phi) is 6.27. The molecule has 3 heterocycles. The number of rotatable bonds is 8. The van der Waals surface area contributed by atoms with Gasteiger partial charge in [0.2, 0.25) is 0 Å². The molecular weight excluding hydrogens is 425 g/mol. The zero-order chi connectivity index (χ0) is 21.8. The summed E-state index contributed by atoms with van der Waals surface area (Å²) in [5.74, 6) is 0.486. The van der Waals surface area contributed by atoms with Crippen molar-refractivity contribution >= 4 is 22.3 Å². The maximum Gasteiger partial charge on any atom is 0.419 e. The first-order valence-electron chi connectivity index (χ1n) is 10.1. The predicted molar refractivity (Wildman–Crippen MR) is 114 cm³/mol. The van der Waals surface area contributed by atoms with Crippen LogP contribution in [0.15, 0.2) is 52.5 Å². The molecule has 0 N–H and O–H groups in total. The van der Waals surface area contributed by atoms with E-state index in [2.05, 4.69) is 9.97 Å². The van der Waals surface area contributed by atoms with E-state index in [9.17, 15) is 13.2 Å². The fourth-order valence-corrected chi connectivity index (χ4v) is 4.08. The number of furan rings is 1. The van der Waals surface area contributed by atoms with Crippen molar-refractivity contribution in [2.75, 3.05) is 6.61 Å². The highest BCUT2D eigenvalue weighted by Crippen LogP contribution is 2.37. The van der Waals surface area contributed by atoms with Crippen molar-refractivity contribution in [2.24, 2.45) is 0 Å². The molecule has 0 radical (unpaired) electrons. The Balaban J connectivity index is 1.52. The number of ether oxygens (including phenoxy) is 1. The van der Waals surface area contributed by atoms with E-state index in [1.54, 1.807) is 24.5 Å². The molecule has 0 spiro atoms. The third kappa shape index (κ3) is 5.07. The summed E-state index contributed by atoms with van der Waals surface area (Å²) < 4.78 is 51.9. The van der Waals surface area contributed by atoms with E-state index in [4.69, 9.17) is 9.15 Å². The Morgan fingerprint density at radius 2 is 2.00 bits per heavy atom. The summed E-state index contributed by atoms with van der Waals surface area (Å²) in [5.41, 5.74) is 1.15. The average Bonchev–Trinajstić information content (AvgIpc) is 3.38. The minimum Gasteiger partial charge on any atom is -0.493 e. The normalized spacial score (nSPS) is 11.9. The minimum absolute atomic E-state index is 0.122. The maximum absolute atomic E-state index is 13.6. The second-order valence-corrected chi connectivity index (χ2v) is 8.15. The van der Waals surface area contributed by atoms with Crippen LogP contribution in [0.4, 0.5) is 13.2 Å². The van der Waals surface area contributed by atoms with Gasteiger partial charge in [-0.15, -0.1) is 11.3 Å². The quantitative estimate of drug-likeness (QED) is 0.270. The summed E-state index contributed by atoms with van der Waals surface area (Å²) in [5, 5.41) is 3.42. The summed E-state index contributed by atoms with van der Waals surface area (Å²) in [6.45, 7) is 2.31. The van der Waals surface area contributed by atoms with Gasteiger partial charge in [0.05, 0.1) is 17.2 Å². The fraction of sp³-hybridized carbons (Fsp3) is 0.304. The molecule has 0 fully saturated rings. The van der Waals surface area contributed by atoms with Gasteiger partial charge in [0.15, 0.2) is 5.76 Å². The summed E-state index contributed by atoms with van der Waals surface area (Å²) in [4.78, 5) is 8.61. The van der Waals surface area contributed by atoms with Crippen LogP contribution < -0.4 is 4.74 Å². The van der Waals surface area contributed by atoms with E-state index in [0.717, 1.165) is 30.7 Å². The van der Waals surface area contributed by atoms with Gasteiger partial charge in [-0.2, -0.15) is 13.2 Å². The van der Waals surface area contributed by atoms with Crippen LogP contribution in [0.5, 0.6) is 5.75 Å². The Labute approximate surface area is 181 Å². The summed E-state index contributed by atoms with van der Waals surface area (Å²) in [7, 11) is 0. The van der Waals surface area contributed by atoms with Gasteiger partial charge in [-0.1, -0.05) is 25.8 Å². The van der Waals surface area contributed by atoms with Gasteiger partial charge in [0, 0.05) is 29.6 Å². The monoisotopic (exact) mass is 446 g/mol. The maximum atomic E-state index is 13.6. The molecule has 0 atom stereocenters. The first-order valence-corrected chi connectivity index (χ1v) is 10.9. The van der Waals surface area contributed by atoms with Crippen LogP contribution in [0.2, 0.25) is 0 Å². The number of unbranched alkanes of at least 4 members (excludes halogenated alkanes) is 2. The van der Waals surface area contributed by atoms with E-state index in [1.807, 2.05) is 18.4 Å². The average molecular weight is 446 g/mol. The number of thiazole rings is 1. The summed E-state index contributed by atoms with van der Waals surface area (Å²) in [6, 6.07) is 7.86. The Bertz CT molecular complexity index is 1130. The third-order valence-electron chi connectivity index (χ3n) is 4.83. The number of benzene rings is 1. The van der Waals surface area contributed by atoms with Crippen LogP contribution in [-0.2, 0) is 12.6 Å². The molecule has 4 nitrogen and oxygen atoms in total. The van der Waals surface area contributed by atoms with E-state index in [0.29, 0.717) is 34.0 Å². The Hall–Kier alpha value is -2.87. The van der Waals surface area contributed by atoms with Crippen molar-refractivity contribution in [3.63, 3.8) is 0 Å². The van der Waals surface area contributed by atoms with Crippen molar-refractivity contribution < 1.29 is 22.3 Å². The van der Waals surface area contributed by atoms with Gasteiger partial charge in [0.1, 0.15) is 17.0 Å². The molecule has 8 heteroatoms. The topological polar surface area (TPSA) is 48.2 Å². The molecule has 0 unspecified atom stereocenters. The number of hydrogen-bond acceptors (Lipinski definition) is 5. The standard InChI is InChI=1S/C23H21F3N2O2S/c1-2-3-4-9-29-20-6-5-15(10-17(20)23(24,25)26)11-22-28-18(14-31-22)21-12-16-13-27-8-7-19(16)30-21/h5-8,10,12-14H,2-4,9,11H2,1H3. The van der Waals surface area contributed by atoms with Crippen molar-refractivity contribution in [2.45, 2.75) is 38.8 Å². The van der Waals surface area contributed by atoms with Gasteiger partial charge >= 0.3 is 6.18 Å². The molecule has 4 rings (SSSR count). The van der Waals surface area contributed by atoms with Crippen molar-refractivity contribution in [1.82, 2.24) is 9.97 Å². The molecule has 0 saturated heterocycles. The largest absolute Gasteiger partial charge is 0.493 e. The minimum atomic E-state index is -4.48. The summed E-state index contributed by atoms with van der Waals surface area (Å²) in [6.07, 6.45) is 1.81. The van der Waals surface area contributed by atoms with E-state index < -0.39 is 11.7 Å². The number of aromatic nitrogens is 2. The zero-order valence-corrected chi connectivity index (χ0v) is 17.7. The molecule has 4 aromatic rings. The highest BCUT2D eigenvalue weighted by Gasteiger charge is 2.34. The molecule has 0 aliphatic carbocycles. The Morgan fingerprint density at radius 1 is 1.13 bits per heavy atom. The molecule has 0 bridgehead atoms. The second-order valence-electron chi connectivity index (χ2n) is 7.21. The first kappa shape index (κ1) is 21.4. The van der Waals surface area contributed by atoms with Crippen LogP contribution in [0, 0.1) is 0 Å². The van der Waals surface area contributed by atoms with Crippen LogP contribution in [0.1, 0.15) is 42.3 Å². The molecular formula is C23H21F3N2O2S. The second kappa shape index (κ2) is 9.09. The van der Waals surface area contributed by atoms with Gasteiger partial charge in [-0.25, -0.2) is 4.98 Å². The SMILES string of the molecule is CCCCCOc1ccc(Cc2nc(-c3cc4cnccc4o3)cs2)cc1C(F)(F)F. The number of pyridine rings is 1. The van der Waals surface area contributed by atoms with Crippen molar-refractivity contribution in [1.29, 1.82) is 0 Å². The summed E-state index contributed by atoms with van der Waals surface area (Å²) >= 11 is 1.39. The molecule has 0 aliphatic rings. The molecule has 3 aromatic heterocycles. The molecule has 162 valence electrons. The van der Waals surface area contributed by atoms with Crippen molar-refractivity contribution in [3.05, 3.63) is 64.2 Å². The fourth-order valence-electron chi connectivity index (χ4n) is 3.26. The van der Waals surface area contributed by atoms with Crippen LogP contribution in [-0.4, -0.2) is 16.6 Å². The number of alkyl halides is 3. The lowest BCUT2D eigenvalue weighted by atomic mass is 10.1. The smallest absolute Gasteiger partial charge is 0.419 e. The lowest BCUT2D eigenvalue weighted by Crippen LogP contribution is -2.10. The van der Waals surface area contributed by atoms with E-state index in [1.165, 1.54) is 17.4 Å². The number of nitrogens with zero attached hydrogens (tertiary/aromatic N) is 2. The van der Waals surface area contributed by atoms with E-state index >= 15 is 0 Å². The number of halogens is 3. The molecule has 31 heavy (non-hydrogen) atoms. The lowest BCUT2D eigenvalue weighted by molar-refractivity contribution is -0.139.